The summed E-state index contributed by atoms with van der Waals surface area (Å²) in [6.45, 7) is 8.30. The van der Waals surface area contributed by atoms with Crippen LogP contribution in [0.2, 0.25) is 0 Å². The van der Waals surface area contributed by atoms with Gasteiger partial charge in [0.05, 0.1) is 6.10 Å². The molecule has 2 heterocycles. The van der Waals surface area contributed by atoms with Gasteiger partial charge in [0.1, 0.15) is 0 Å². The lowest BCUT2D eigenvalue weighted by Crippen LogP contribution is -2.34. The van der Waals surface area contributed by atoms with Gasteiger partial charge in [-0.2, -0.15) is 0 Å². The molecule has 2 aliphatic heterocycles. The van der Waals surface area contributed by atoms with E-state index < -0.39 is 0 Å². The third-order valence-electron chi connectivity index (χ3n) is 4.23. The van der Waals surface area contributed by atoms with Gasteiger partial charge in [-0.1, -0.05) is 0 Å². The van der Waals surface area contributed by atoms with Crippen molar-refractivity contribution in [1.82, 2.24) is 9.80 Å². The molecule has 0 aromatic carbocycles. The highest BCUT2D eigenvalue weighted by molar-refractivity contribution is 4.80. The van der Waals surface area contributed by atoms with Crippen LogP contribution in [0.4, 0.5) is 0 Å². The standard InChI is InChI=1S/C14H28N2O/c1-13(17)12-14-6-4-10-16(14)11-5-9-15-7-2-3-8-15/h13-14,17H,2-12H2,1H3. The number of nitrogens with zero attached hydrogens (tertiary/aromatic N) is 2. The van der Waals surface area contributed by atoms with E-state index in [9.17, 15) is 5.11 Å². The van der Waals surface area contributed by atoms with Gasteiger partial charge >= 0.3 is 0 Å². The summed E-state index contributed by atoms with van der Waals surface area (Å²) in [5.41, 5.74) is 0. The van der Waals surface area contributed by atoms with Crippen molar-refractivity contribution in [2.45, 2.75) is 57.6 Å². The normalized spacial score (nSPS) is 28.9. The largest absolute Gasteiger partial charge is 0.393 e. The first-order valence-corrected chi connectivity index (χ1v) is 7.40. The first-order valence-electron chi connectivity index (χ1n) is 7.40. The molecule has 0 bridgehead atoms. The van der Waals surface area contributed by atoms with Crippen molar-refractivity contribution in [2.24, 2.45) is 0 Å². The van der Waals surface area contributed by atoms with Crippen LogP contribution < -0.4 is 0 Å². The van der Waals surface area contributed by atoms with Gasteiger partial charge in [-0.25, -0.2) is 0 Å². The summed E-state index contributed by atoms with van der Waals surface area (Å²) in [6, 6.07) is 0.647. The Hall–Kier alpha value is -0.120. The summed E-state index contributed by atoms with van der Waals surface area (Å²) in [5.74, 6) is 0. The molecule has 3 nitrogen and oxygen atoms in total. The van der Waals surface area contributed by atoms with E-state index in [2.05, 4.69) is 9.80 Å². The van der Waals surface area contributed by atoms with Crippen LogP contribution in [0, 0.1) is 0 Å². The lowest BCUT2D eigenvalue weighted by molar-refractivity contribution is 0.131. The van der Waals surface area contributed by atoms with E-state index in [1.165, 1.54) is 64.8 Å². The van der Waals surface area contributed by atoms with Gasteiger partial charge in [0.15, 0.2) is 0 Å². The van der Waals surface area contributed by atoms with E-state index in [4.69, 9.17) is 0 Å². The minimum absolute atomic E-state index is 0.140. The molecule has 2 rings (SSSR count). The molecule has 1 N–H and O–H groups in total. The molecule has 2 fully saturated rings. The predicted molar refractivity (Wildman–Crippen MR) is 71.2 cm³/mol. The Bertz CT molecular complexity index is 214. The zero-order valence-electron chi connectivity index (χ0n) is 11.3. The summed E-state index contributed by atoms with van der Waals surface area (Å²) < 4.78 is 0. The smallest absolute Gasteiger partial charge is 0.0527 e. The van der Waals surface area contributed by atoms with Crippen LogP contribution in [0.1, 0.15) is 45.4 Å². The Morgan fingerprint density at radius 1 is 1.12 bits per heavy atom. The summed E-state index contributed by atoms with van der Waals surface area (Å²) in [6.07, 6.45) is 7.53. The lowest BCUT2D eigenvalue weighted by atomic mass is 10.1. The molecule has 2 saturated heterocycles. The van der Waals surface area contributed by atoms with Crippen LogP contribution in [0.5, 0.6) is 0 Å². The van der Waals surface area contributed by atoms with E-state index in [0.29, 0.717) is 6.04 Å². The molecule has 0 aromatic rings. The second-order valence-electron chi connectivity index (χ2n) is 5.82. The van der Waals surface area contributed by atoms with Gasteiger partial charge in [-0.15, -0.1) is 0 Å². The van der Waals surface area contributed by atoms with Gasteiger partial charge in [-0.3, -0.25) is 0 Å². The molecule has 0 aliphatic carbocycles. The molecule has 0 radical (unpaired) electrons. The minimum Gasteiger partial charge on any atom is -0.393 e. The maximum atomic E-state index is 9.49. The van der Waals surface area contributed by atoms with Crippen LogP contribution in [-0.4, -0.2) is 59.8 Å². The average molecular weight is 240 g/mol. The first kappa shape index (κ1) is 13.3. The highest BCUT2D eigenvalue weighted by Crippen LogP contribution is 2.21. The maximum absolute atomic E-state index is 9.49. The molecule has 2 unspecified atom stereocenters. The topological polar surface area (TPSA) is 26.7 Å². The Morgan fingerprint density at radius 3 is 2.59 bits per heavy atom. The Labute approximate surface area is 106 Å². The number of aliphatic hydroxyl groups excluding tert-OH is 1. The van der Waals surface area contributed by atoms with Gasteiger partial charge in [-0.05, 0) is 78.2 Å². The molecular weight excluding hydrogens is 212 g/mol. The van der Waals surface area contributed by atoms with Gasteiger partial charge in [0.2, 0.25) is 0 Å². The quantitative estimate of drug-likeness (QED) is 0.765. The average Bonchev–Trinajstić information content (AvgIpc) is 2.90. The Morgan fingerprint density at radius 2 is 1.88 bits per heavy atom. The third kappa shape index (κ3) is 4.23. The number of rotatable bonds is 6. The minimum atomic E-state index is -0.140. The monoisotopic (exact) mass is 240 g/mol. The fourth-order valence-corrected chi connectivity index (χ4v) is 3.35. The predicted octanol–water partition coefficient (Wildman–Crippen LogP) is 1.71. The van der Waals surface area contributed by atoms with Crippen molar-refractivity contribution < 1.29 is 5.11 Å². The molecule has 0 saturated carbocycles. The molecule has 0 aromatic heterocycles. The molecule has 17 heavy (non-hydrogen) atoms. The second-order valence-corrected chi connectivity index (χ2v) is 5.82. The third-order valence-corrected chi connectivity index (χ3v) is 4.23. The zero-order valence-corrected chi connectivity index (χ0v) is 11.3. The Balaban J connectivity index is 1.63. The molecule has 0 amide bonds. The number of likely N-dealkylation sites (tertiary alicyclic amines) is 2. The van der Waals surface area contributed by atoms with Crippen LogP contribution in [0.25, 0.3) is 0 Å². The SMILES string of the molecule is CC(O)CC1CCCN1CCCN1CCCC1. The van der Waals surface area contributed by atoms with Gasteiger partial charge in [0, 0.05) is 6.04 Å². The molecule has 2 aliphatic rings. The molecule has 2 atom stereocenters. The van der Waals surface area contributed by atoms with Crippen molar-refractivity contribution in [3.05, 3.63) is 0 Å². The van der Waals surface area contributed by atoms with E-state index in [-0.39, 0.29) is 6.10 Å². The summed E-state index contributed by atoms with van der Waals surface area (Å²) >= 11 is 0. The van der Waals surface area contributed by atoms with Gasteiger partial charge in [0.25, 0.3) is 0 Å². The number of hydrogen-bond acceptors (Lipinski definition) is 3. The van der Waals surface area contributed by atoms with Crippen molar-refractivity contribution in [1.29, 1.82) is 0 Å². The summed E-state index contributed by atoms with van der Waals surface area (Å²) in [5, 5.41) is 9.49. The first-order chi connectivity index (χ1) is 8.25. The highest BCUT2D eigenvalue weighted by atomic mass is 16.3. The van der Waals surface area contributed by atoms with Crippen LogP contribution in [0.15, 0.2) is 0 Å². The highest BCUT2D eigenvalue weighted by Gasteiger charge is 2.25. The van der Waals surface area contributed by atoms with Gasteiger partial charge < -0.3 is 14.9 Å². The van der Waals surface area contributed by atoms with Crippen molar-refractivity contribution in [2.75, 3.05) is 32.7 Å². The summed E-state index contributed by atoms with van der Waals surface area (Å²) in [4.78, 5) is 5.20. The van der Waals surface area contributed by atoms with E-state index in [1.54, 1.807) is 0 Å². The fourth-order valence-electron chi connectivity index (χ4n) is 3.35. The van der Waals surface area contributed by atoms with Crippen LogP contribution in [-0.2, 0) is 0 Å². The van der Waals surface area contributed by atoms with Crippen LogP contribution in [0.3, 0.4) is 0 Å². The van der Waals surface area contributed by atoms with Crippen LogP contribution >= 0.6 is 0 Å². The van der Waals surface area contributed by atoms with Crippen molar-refractivity contribution in [3.8, 4) is 0 Å². The molecule has 100 valence electrons. The van der Waals surface area contributed by atoms with Crippen molar-refractivity contribution in [3.63, 3.8) is 0 Å². The Kier molecular flexibility index (Phi) is 5.26. The molecule has 0 spiro atoms. The van der Waals surface area contributed by atoms with Crippen molar-refractivity contribution >= 4 is 0 Å². The van der Waals surface area contributed by atoms with E-state index in [1.807, 2.05) is 6.92 Å². The maximum Gasteiger partial charge on any atom is 0.0527 e. The summed E-state index contributed by atoms with van der Waals surface area (Å²) in [7, 11) is 0. The number of aliphatic hydroxyl groups is 1. The second kappa shape index (κ2) is 6.72. The number of hydrogen-bond donors (Lipinski definition) is 1. The van der Waals surface area contributed by atoms with E-state index in [0.717, 1.165) is 6.42 Å². The van der Waals surface area contributed by atoms with E-state index >= 15 is 0 Å². The fraction of sp³-hybridized carbons (Fsp3) is 1.00. The molecule has 3 heteroatoms. The lowest BCUT2D eigenvalue weighted by Gasteiger charge is -2.26. The molecular formula is C14H28N2O. The zero-order chi connectivity index (χ0) is 12.1.